The summed E-state index contributed by atoms with van der Waals surface area (Å²) in [5.41, 5.74) is 4.67. The molecule has 6 nitrogen and oxygen atoms in total. The molecule has 0 saturated carbocycles. The molecule has 2 aromatic carbocycles. The van der Waals surface area contributed by atoms with Crippen LogP contribution < -0.4 is 10.9 Å². The highest BCUT2D eigenvalue weighted by atomic mass is 16.2. The average molecular weight is 431 g/mol. The van der Waals surface area contributed by atoms with Gasteiger partial charge in [-0.15, -0.1) is 0 Å². The third-order valence-corrected chi connectivity index (χ3v) is 5.99. The highest BCUT2D eigenvalue weighted by Crippen LogP contribution is 2.18. The number of nitrogens with zero attached hydrogens (tertiary/aromatic N) is 3. The van der Waals surface area contributed by atoms with E-state index >= 15 is 0 Å². The smallest absolute Gasteiger partial charge is 0.258 e. The number of fused-ring (bicyclic) bond motifs is 1. The summed E-state index contributed by atoms with van der Waals surface area (Å²) < 4.78 is 1.54. The van der Waals surface area contributed by atoms with Crippen molar-refractivity contribution in [2.75, 3.05) is 11.9 Å². The Labute approximate surface area is 188 Å². The number of nitrogens with one attached hydrogen (secondary N) is 1. The van der Waals surface area contributed by atoms with Gasteiger partial charge < -0.3 is 5.32 Å². The predicted molar refractivity (Wildman–Crippen MR) is 127 cm³/mol. The molecule has 0 bridgehead atoms. The monoisotopic (exact) mass is 430 g/mol. The first kappa shape index (κ1) is 22.0. The molecule has 0 unspecified atom stereocenters. The molecule has 1 aliphatic heterocycles. The van der Waals surface area contributed by atoms with Crippen LogP contribution in [-0.2, 0) is 43.7 Å². The van der Waals surface area contributed by atoms with Gasteiger partial charge in [0.05, 0.1) is 11.3 Å². The van der Waals surface area contributed by atoms with Crippen molar-refractivity contribution in [3.63, 3.8) is 0 Å². The van der Waals surface area contributed by atoms with Gasteiger partial charge in [0.15, 0.2) is 0 Å². The van der Waals surface area contributed by atoms with Gasteiger partial charge in [-0.2, -0.15) is 0 Å². The molecule has 1 aliphatic rings. The number of amides is 1. The van der Waals surface area contributed by atoms with Crippen molar-refractivity contribution < 1.29 is 4.79 Å². The number of hydrogen-bond acceptors (Lipinski definition) is 4. The van der Waals surface area contributed by atoms with Gasteiger partial charge in [-0.25, -0.2) is 4.98 Å². The molecule has 0 spiro atoms. The summed E-state index contributed by atoms with van der Waals surface area (Å²) in [6, 6.07) is 18.1. The summed E-state index contributed by atoms with van der Waals surface area (Å²) in [5, 5.41) is 2.90. The van der Waals surface area contributed by atoms with E-state index in [1.165, 1.54) is 11.1 Å². The number of anilines is 1. The number of aryl methyl sites for hydroxylation is 2. The predicted octanol–water partition coefficient (Wildman–Crippen LogP) is 3.57. The molecule has 0 fully saturated rings. The van der Waals surface area contributed by atoms with Crippen LogP contribution in [0.3, 0.4) is 0 Å². The lowest BCUT2D eigenvalue weighted by Crippen LogP contribution is -2.40. The Hall–Kier alpha value is -3.25. The van der Waals surface area contributed by atoms with Crippen molar-refractivity contribution in [1.82, 2.24) is 14.5 Å². The summed E-state index contributed by atoms with van der Waals surface area (Å²) in [6.45, 7) is 6.25. The van der Waals surface area contributed by atoms with Gasteiger partial charge in [0.25, 0.3) is 5.56 Å². The van der Waals surface area contributed by atoms with Crippen LogP contribution in [-0.4, -0.2) is 26.9 Å². The van der Waals surface area contributed by atoms with Gasteiger partial charge in [0, 0.05) is 38.2 Å². The summed E-state index contributed by atoms with van der Waals surface area (Å²) in [5.74, 6) is 0.450. The molecule has 3 aromatic rings. The summed E-state index contributed by atoms with van der Waals surface area (Å²) in [7, 11) is 0. The maximum absolute atomic E-state index is 13.4. The fourth-order valence-corrected chi connectivity index (χ4v) is 4.20. The zero-order valence-corrected chi connectivity index (χ0v) is 18.8. The minimum atomic E-state index is -0.218. The molecule has 0 aliphatic carbocycles. The fourth-order valence-electron chi connectivity index (χ4n) is 4.20. The van der Waals surface area contributed by atoms with Crippen LogP contribution in [0.1, 0.15) is 42.1 Å². The second-order valence-electron chi connectivity index (χ2n) is 8.24. The highest BCUT2D eigenvalue weighted by molar-refractivity contribution is 5.90. The number of rotatable bonds is 7. The number of benzene rings is 2. The van der Waals surface area contributed by atoms with Crippen LogP contribution in [0.25, 0.3) is 0 Å². The maximum Gasteiger partial charge on any atom is 0.258 e. The molecule has 1 N–H and O–H groups in total. The van der Waals surface area contributed by atoms with E-state index in [1.54, 1.807) is 4.57 Å². The molecule has 0 atom stereocenters. The Bertz CT molecular complexity index is 1140. The molecule has 0 radical (unpaired) electrons. The number of hydrogen-bond donors (Lipinski definition) is 1. The average Bonchev–Trinajstić information content (AvgIpc) is 2.82. The van der Waals surface area contributed by atoms with Crippen LogP contribution in [0.15, 0.2) is 59.4 Å². The zero-order chi connectivity index (χ0) is 22.5. The molecule has 166 valence electrons. The van der Waals surface area contributed by atoms with Gasteiger partial charge >= 0.3 is 0 Å². The van der Waals surface area contributed by atoms with Gasteiger partial charge in [-0.1, -0.05) is 56.3 Å². The Balaban J connectivity index is 1.53. The molecule has 1 aromatic heterocycles. The molecule has 4 rings (SSSR count). The number of carbonyl (C=O) groups excluding carboxylic acids is 1. The van der Waals surface area contributed by atoms with Crippen molar-refractivity contribution in [2.24, 2.45) is 0 Å². The van der Waals surface area contributed by atoms with E-state index in [9.17, 15) is 9.59 Å². The third-order valence-electron chi connectivity index (χ3n) is 5.99. The van der Waals surface area contributed by atoms with Crippen molar-refractivity contribution >= 4 is 11.6 Å². The standard InChI is InChI=1S/C26H30N4O2/c1-3-19-10-12-21(13-11-19)27-25(31)18-30-24(4-2)28-23-14-15-29(17-22(23)26(30)32)16-20-8-6-5-7-9-20/h5-13H,3-4,14-18H2,1-2H3,(H,27,31). The molecule has 0 saturated heterocycles. The molecule has 1 amide bonds. The Morgan fingerprint density at radius 2 is 1.75 bits per heavy atom. The molecule has 32 heavy (non-hydrogen) atoms. The minimum absolute atomic E-state index is 0.0312. The van der Waals surface area contributed by atoms with Crippen molar-refractivity contribution in [3.05, 3.63) is 93.2 Å². The van der Waals surface area contributed by atoms with E-state index in [4.69, 9.17) is 4.98 Å². The second kappa shape index (κ2) is 9.92. The number of aromatic nitrogens is 2. The van der Waals surface area contributed by atoms with Crippen molar-refractivity contribution in [1.29, 1.82) is 0 Å². The molecular formula is C26H30N4O2. The SMILES string of the molecule is CCc1ccc(NC(=O)Cn2c(CC)nc3c(c2=O)CN(Cc2ccccc2)CC3)cc1. The maximum atomic E-state index is 13.4. The fraction of sp³-hybridized carbons (Fsp3) is 0.346. The van der Waals surface area contributed by atoms with Gasteiger partial charge in [0.2, 0.25) is 5.91 Å². The van der Waals surface area contributed by atoms with E-state index in [0.29, 0.717) is 24.4 Å². The first-order valence-electron chi connectivity index (χ1n) is 11.3. The van der Waals surface area contributed by atoms with Crippen molar-refractivity contribution in [3.8, 4) is 0 Å². The van der Waals surface area contributed by atoms with Gasteiger partial charge in [-0.05, 0) is 29.7 Å². The van der Waals surface area contributed by atoms with Crippen LogP contribution in [0.2, 0.25) is 0 Å². The normalized spacial score (nSPS) is 13.6. The lowest BCUT2D eigenvalue weighted by atomic mass is 10.1. The van der Waals surface area contributed by atoms with Crippen LogP contribution in [0, 0.1) is 0 Å². The lowest BCUT2D eigenvalue weighted by Gasteiger charge is -2.28. The Morgan fingerprint density at radius 1 is 1.00 bits per heavy atom. The largest absolute Gasteiger partial charge is 0.325 e. The van der Waals surface area contributed by atoms with E-state index in [1.807, 2.05) is 49.4 Å². The zero-order valence-electron chi connectivity index (χ0n) is 18.8. The highest BCUT2D eigenvalue weighted by Gasteiger charge is 2.24. The van der Waals surface area contributed by atoms with Crippen molar-refractivity contribution in [2.45, 2.75) is 52.7 Å². The molecular weight excluding hydrogens is 400 g/mol. The topological polar surface area (TPSA) is 67.2 Å². The lowest BCUT2D eigenvalue weighted by molar-refractivity contribution is -0.116. The molecule has 2 heterocycles. The van der Waals surface area contributed by atoms with Crippen LogP contribution >= 0.6 is 0 Å². The number of carbonyl (C=O) groups is 1. The first-order valence-corrected chi connectivity index (χ1v) is 11.3. The first-order chi connectivity index (χ1) is 15.6. The van der Waals surface area contributed by atoms with Crippen LogP contribution in [0.5, 0.6) is 0 Å². The molecule has 6 heteroatoms. The summed E-state index contributed by atoms with van der Waals surface area (Å²) in [4.78, 5) is 33.1. The Kier molecular flexibility index (Phi) is 6.81. The van der Waals surface area contributed by atoms with Crippen LogP contribution in [0.4, 0.5) is 5.69 Å². The minimum Gasteiger partial charge on any atom is -0.325 e. The third kappa shape index (κ3) is 4.97. The summed E-state index contributed by atoms with van der Waals surface area (Å²) >= 11 is 0. The van der Waals surface area contributed by atoms with Gasteiger partial charge in [-0.3, -0.25) is 19.1 Å². The van der Waals surface area contributed by atoms with E-state index < -0.39 is 0 Å². The van der Waals surface area contributed by atoms with E-state index in [0.717, 1.165) is 37.3 Å². The van der Waals surface area contributed by atoms with E-state index in [2.05, 4.69) is 29.3 Å². The van der Waals surface area contributed by atoms with E-state index in [-0.39, 0.29) is 18.0 Å². The van der Waals surface area contributed by atoms with Gasteiger partial charge in [0.1, 0.15) is 12.4 Å². The second-order valence-corrected chi connectivity index (χ2v) is 8.24. The summed E-state index contributed by atoms with van der Waals surface area (Å²) in [6.07, 6.45) is 2.31. The quantitative estimate of drug-likeness (QED) is 0.622. The Morgan fingerprint density at radius 3 is 2.44 bits per heavy atom.